The van der Waals surface area contributed by atoms with Gasteiger partial charge in [0, 0.05) is 12.6 Å². The molecule has 2 rings (SSSR count). The first-order chi connectivity index (χ1) is 8.67. The van der Waals surface area contributed by atoms with Crippen molar-refractivity contribution in [1.82, 2.24) is 10.2 Å². The number of carbonyl (C=O) groups excluding carboxylic acids is 1. The van der Waals surface area contributed by atoms with Crippen LogP contribution in [0.15, 0.2) is 0 Å². The Balaban J connectivity index is 2.06. The molecule has 2 heterocycles. The van der Waals surface area contributed by atoms with Gasteiger partial charge in [-0.1, -0.05) is 20.3 Å². The lowest BCUT2D eigenvalue weighted by Crippen LogP contribution is -2.48. The average Bonchev–Trinajstić information content (AvgIpc) is 2.67. The van der Waals surface area contributed by atoms with Crippen LogP contribution in [0.25, 0.3) is 0 Å². The number of hydrogen-bond acceptors (Lipinski definition) is 3. The van der Waals surface area contributed by atoms with Gasteiger partial charge < -0.3 is 9.64 Å². The van der Waals surface area contributed by atoms with Crippen molar-refractivity contribution >= 4 is 5.91 Å². The van der Waals surface area contributed by atoms with Crippen LogP contribution in [-0.2, 0) is 9.53 Å². The Labute approximate surface area is 110 Å². The summed E-state index contributed by atoms with van der Waals surface area (Å²) in [4.78, 5) is 14.6. The predicted octanol–water partition coefficient (Wildman–Crippen LogP) is 1.89. The number of carbonyl (C=O) groups is 1. The van der Waals surface area contributed by atoms with E-state index in [1.807, 2.05) is 0 Å². The summed E-state index contributed by atoms with van der Waals surface area (Å²) < 4.78 is 5.59. The van der Waals surface area contributed by atoms with E-state index in [9.17, 15) is 4.79 Å². The zero-order valence-electron chi connectivity index (χ0n) is 11.8. The second-order valence-electron chi connectivity index (χ2n) is 5.54. The summed E-state index contributed by atoms with van der Waals surface area (Å²) in [5.41, 5.74) is 0. The van der Waals surface area contributed by atoms with Gasteiger partial charge in [0.1, 0.15) is 0 Å². The minimum Gasteiger partial charge on any atom is -0.378 e. The van der Waals surface area contributed by atoms with Gasteiger partial charge in [0.2, 0.25) is 5.91 Å². The molecule has 0 aromatic carbocycles. The second-order valence-corrected chi connectivity index (χ2v) is 5.54. The molecule has 0 bridgehead atoms. The molecule has 2 saturated heterocycles. The Morgan fingerprint density at radius 3 is 2.83 bits per heavy atom. The minimum atomic E-state index is 0.0399. The lowest BCUT2D eigenvalue weighted by molar-refractivity contribution is -0.135. The highest BCUT2D eigenvalue weighted by Crippen LogP contribution is 2.26. The van der Waals surface area contributed by atoms with Crippen molar-refractivity contribution in [3.05, 3.63) is 0 Å². The van der Waals surface area contributed by atoms with Crippen molar-refractivity contribution < 1.29 is 9.53 Å². The van der Waals surface area contributed by atoms with E-state index in [1.165, 1.54) is 0 Å². The van der Waals surface area contributed by atoms with Gasteiger partial charge >= 0.3 is 0 Å². The molecule has 4 nitrogen and oxygen atoms in total. The van der Waals surface area contributed by atoms with E-state index in [1.54, 1.807) is 0 Å². The normalized spacial score (nSPS) is 37.3. The van der Waals surface area contributed by atoms with Crippen molar-refractivity contribution in [1.29, 1.82) is 0 Å². The Kier molecular flexibility index (Phi) is 4.62. The van der Waals surface area contributed by atoms with Crippen LogP contribution in [0.4, 0.5) is 0 Å². The molecule has 0 aromatic heterocycles. The van der Waals surface area contributed by atoms with Gasteiger partial charge in [0.25, 0.3) is 0 Å². The number of ether oxygens (including phenoxy) is 1. The minimum absolute atomic E-state index is 0.0399. The summed E-state index contributed by atoms with van der Waals surface area (Å²) in [6, 6.07) is 0.402. The Hall–Kier alpha value is -0.610. The van der Waals surface area contributed by atoms with Crippen LogP contribution in [0.1, 0.15) is 52.9 Å². The maximum atomic E-state index is 12.5. The van der Waals surface area contributed by atoms with Crippen LogP contribution in [0.3, 0.4) is 0 Å². The van der Waals surface area contributed by atoms with Crippen LogP contribution < -0.4 is 5.32 Å². The Morgan fingerprint density at radius 1 is 1.44 bits per heavy atom. The average molecular weight is 254 g/mol. The van der Waals surface area contributed by atoms with Crippen LogP contribution in [0, 0.1) is 0 Å². The maximum Gasteiger partial charge on any atom is 0.241 e. The van der Waals surface area contributed by atoms with Crippen molar-refractivity contribution in [3.8, 4) is 0 Å². The molecular weight excluding hydrogens is 228 g/mol. The first kappa shape index (κ1) is 13.8. The number of hydrogen-bond donors (Lipinski definition) is 1. The summed E-state index contributed by atoms with van der Waals surface area (Å²) in [5.74, 6) is 0.308. The molecule has 18 heavy (non-hydrogen) atoms. The largest absolute Gasteiger partial charge is 0.378 e. The van der Waals surface area contributed by atoms with Crippen LogP contribution in [0.2, 0.25) is 0 Å². The summed E-state index contributed by atoms with van der Waals surface area (Å²) in [5, 5.41) is 3.49. The Bertz CT molecular complexity index is 296. The van der Waals surface area contributed by atoms with E-state index in [-0.39, 0.29) is 18.3 Å². The van der Waals surface area contributed by atoms with Gasteiger partial charge in [-0.05, 0) is 32.6 Å². The number of nitrogens with one attached hydrogen (secondary N) is 1. The van der Waals surface area contributed by atoms with E-state index >= 15 is 0 Å². The van der Waals surface area contributed by atoms with Gasteiger partial charge in [0.05, 0.1) is 18.3 Å². The fourth-order valence-corrected chi connectivity index (χ4v) is 3.19. The molecule has 2 aliphatic rings. The van der Waals surface area contributed by atoms with Gasteiger partial charge in [-0.25, -0.2) is 0 Å². The summed E-state index contributed by atoms with van der Waals surface area (Å²) >= 11 is 0. The maximum absolute atomic E-state index is 12.5. The SMILES string of the molecule is CCCC1NC(CC)N(C2CCOC(C)C2)C1=O. The van der Waals surface area contributed by atoms with Gasteiger partial charge in [-0.2, -0.15) is 0 Å². The van der Waals surface area contributed by atoms with E-state index in [4.69, 9.17) is 4.74 Å². The Morgan fingerprint density at radius 2 is 2.22 bits per heavy atom. The summed E-state index contributed by atoms with van der Waals surface area (Å²) in [7, 11) is 0. The molecule has 4 atom stereocenters. The van der Waals surface area contributed by atoms with Gasteiger partial charge in [-0.3, -0.25) is 10.1 Å². The van der Waals surface area contributed by atoms with Crippen molar-refractivity contribution in [2.45, 2.75) is 77.2 Å². The van der Waals surface area contributed by atoms with E-state index in [0.29, 0.717) is 11.9 Å². The molecule has 0 aromatic rings. The zero-order chi connectivity index (χ0) is 13.1. The summed E-state index contributed by atoms with van der Waals surface area (Å²) in [6.45, 7) is 7.17. The molecule has 104 valence electrons. The predicted molar refractivity (Wildman–Crippen MR) is 71.2 cm³/mol. The molecule has 2 aliphatic heterocycles. The third-order valence-electron chi connectivity index (χ3n) is 4.10. The number of rotatable bonds is 4. The molecule has 4 heteroatoms. The first-order valence-electron chi connectivity index (χ1n) is 7.37. The highest BCUT2D eigenvalue weighted by atomic mass is 16.5. The third kappa shape index (κ3) is 2.69. The second kappa shape index (κ2) is 6.02. The smallest absolute Gasteiger partial charge is 0.241 e. The van der Waals surface area contributed by atoms with Crippen molar-refractivity contribution in [3.63, 3.8) is 0 Å². The van der Waals surface area contributed by atoms with Crippen LogP contribution in [-0.4, -0.2) is 41.8 Å². The molecule has 0 aliphatic carbocycles. The van der Waals surface area contributed by atoms with E-state index in [2.05, 4.69) is 31.0 Å². The quantitative estimate of drug-likeness (QED) is 0.833. The number of nitrogens with zero attached hydrogens (tertiary/aromatic N) is 1. The molecular formula is C14H26N2O2. The third-order valence-corrected chi connectivity index (χ3v) is 4.10. The van der Waals surface area contributed by atoms with E-state index in [0.717, 1.165) is 38.7 Å². The molecule has 0 spiro atoms. The van der Waals surface area contributed by atoms with Gasteiger partial charge in [-0.15, -0.1) is 0 Å². The first-order valence-corrected chi connectivity index (χ1v) is 7.37. The highest BCUT2D eigenvalue weighted by Gasteiger charge is 2.42. The van der Waals surface area contributed by atoms with Crippen molar-refractivity contribution in [2.75, 3.05) is 6.61 Å². The topological polar surface area (TPSA) is 41.6 Å². The molecule has 4 unspecified atom stereocenters. The molecule has 1 N–H and O–H groups in total. The lowest BCUT2D eigenvalue weighted by atomic mass is 10.0. The highest BCUT2D eigenvalue weighted by molar-refractivity contribution is 5.84. The zero-order valence-corrected chi connectivity index (χ0v) is 11.8. The van der Waals surface area contributed by atoms with Crippen molar-refractivity contribution in [2.24, 2.45) is 0 Å². The lowest BCUT2D eigenvalue weighted by Gasteiger charge is -2.37. The monoisotopic (exact) mass is 254 g/mol. The molecule has 1 amide bonds. The molecule has 2 fully saturated rings. The summed E-state index contributed by atoms with van der Waals surface area (Å²) in [6.07, 6.45) is 5.44. The molecule has 0 saturated carbocycles. The standard InChI is InChI=1S/C14H26N2O2/c1-4-6-12-14(17)16(13(5-2)15-12)11-7-8-18-10(3)9-11/h10-13,15H,4-9H2,1-3H3. The van der Waals surface area contributed by atoms with Crippen LogP contribution in [0.5, 0.6) is 0 Å². The van der Waals surface area contributed by atoms with E-state index < -0.39 is 0 Å². The number of amides is 1. The molecule has 0 radical (unpaired) electrons. The fourth-order valence-electron chi connectivity index (χ4n) is 3.19. The fraction of sp³-hybridized carbons (Fsp3) is 0.929. The van der Waals surface area contributed by atoms with Gasteiger partial charge in [0.15, 0.2) is 0 Å². The van der Waals surface area contributed by atoms with Crippen LogP contribution >= 0.6 is 0 Å².